The number of rotatable bonds is 2. The molecular weight excluding hydrogens is 270 g/mol. The van der Waals surface area contributed by atoms with E-state index >= 15 is 0 Å². The zero-order valence-electron chi connectivity index (χ0n) is 11.5. The number of aromatic nitrogens is 2. The summed E-state index contributed by atoms with van der Waals surface area (Å²) in [4.78, 5) is 11.7. The molecule has 2 heterocycles. The molecular formula is C16H18ClN3. The van der Waals surface area contributed by atoms with Gasteiger partial charge in [0, 0.05) is 30.1 Å². The van der Waals surface area contributed by atoms with Gasteiger partial charge in [-0.2, -0.15) is 0 Å². The first-order valence-corrected chi connectivity index (χ1v) is 7.91. The largest absolute Gasteiger partial charge is 0.372 e. The highest BCUT2D eigenvalue weighted by Crippen LogP contribution is 2.36. The molecule has 2 fully saturated rings. The molecule has 0 atom stereocenters. The third kappa shape index (κ3) is 2.05. The molecule has 0 N–H and O–H groups in total. The van der Waals surface area contributed by atoms with Crippen molar-refractivity contribution in [3.8, 4) is 0 Å². The van der Waals surface area contributed by atoms with Gasteiger partial charge < -0.3 is 4.90 Å². The highest BCUT2D eigenvalue weighted by molar-refractivity contribution is 6.34. The van der Waals surface area contributed by atoms with Gasteiger partial charge in [0.25, 0.3) is 0 Å². The van der Waals surface area contributed by atoms with Gasteiger partial charge in [-0.25, -0.2) is 9.97 Å². The lowest BCUT2D eigenvalue weighted by molar-refractivity contribution is 0.402. The van der Waals surface area contributed by atoms with Crippen molar-refractivity contribution in [3.63, 3.8) is 0 Å². The van der Waals surface area contributed by atoms with Crippen molar-refractivity contribution in [1.29, 1.82) is 0 Å². The average molecular weight is 288 g/mol. The van der Waals surface area contributed by atoms with Crippen molar-refractivity contribution < 1.29 is 0 Å². The van der Waals surface area contributed by atoms with E-state index in [0.717, 1.165) is 29.8 Å². The molecule has 1 saturated carbocycles. The topological polar surface area (TPSA) is 29.0 Å². The van der Waals surface area contributed by atoms with E-state index in [2.05, 4.69) is 28.1 Å². The first kappa shape index (κ1) is 12.4. The molecule has 1 aliphatic heterocycles. The van der Waals surface area contributed by atoms with Gasteiger partial charge in [-0.1, -0.05) is 18.0 Å². The molecule has 0 bridgehead atoms. The van der Waals surface area contributed by atoms with Gasteiger partial charge in [0.1, 0.15) is 11.0 Å². The fourth-order valence-electron chi connectivity index (χ4n) is 3.12. The molecule has 20 heavy (non-hydrogen) atoms. The van der Waals surface area contributed by atoms with Gasteiger partial charge in [0.2, 0.25) is 0 Å². The van der Waals surface area contributed by atoms with E-state index < -0.39 is 0 Å². The van der Waals surface area contributed by atoms with Crippen LogP contribution < -0.4 is 4.90 Å². The van der Waals surface area contributed by atoms with Gasteiger partial charge in [0.05, 0.1) is 5.52 Å². The summed E-state index contributed by atoms with van der Waals surface area (Å²) in [5, 5.41) is 1.59. The van der Waals surface area contributed by atoms with Crippen molar-refractivity contribution in [2.75, 3.05) is 18.0 Å². The van der Waals surface area contributed by atoms with Crippen molar-refractivity contribution in [1.82, 2.24) is 9.97 Å². The SMILES string of the molecule is Clc1nc(C2CCC2)nc2ccc(N3CCCC3)cc12. The third-order valence-corrected chi connectivity index (χ3v) is 4.88. The molecule has 0 spiro atoms. The van der Waals surface area contributed by atoms with Gasteiger partial charge >= 0.3 is 0 Å². The minimum Gasteiger partial charge on any atom is -0.372 e. The number of benzene rings is 1. The molecule has 1 aromatic heterocycles. The standard InChI is InChI=1S/C16H18ClN3/c17-15-13-10-12(20-8-1-2-9-20)6-7-14(13)18-16(19-15)11-4-3-5-11/h6-7,10-11H,1-5,8-9H2. The summed E-state index contributed by atoms with van der Waals surface area (Å²) in [5.74, 6) is 1.46. The molecule has 0 radical (unpaired) electrons. The van der Waals surface area contributed by atoms with Crippen LogP contribution in [0.25, 0.3) is 10.9 Å². The lowest BCUT2D eigenvalue weighted by Crippen LogP contribution is -2.17. The van der Waals surface area contributed by atoms with Crippen molar-refractivity contribution in [2.45, 2.75) is 38.0 Å². The van der Waals surface area contributed by atoms with Crippen LogP contribution in [0.1, 0.15) is 43.8 Å². The maximum absolute atomic E-state index is 6.40. The van der Waals surface area contributed by atoms with E-state index in [9.17, 15) is 0 Å². The van der Waals surface area contributed by atoms with Crippen molar-refractivity contribution in [2.24, 2.45) is 0 Å². The Balaban J connectivity index is 1.76. The summed E-state index contributed by atoms with van der Waals surface area (Å²) in [6, 6.07) is 6.41. The average Bonchev–Trinajstić information content (AvgIpc) is 2.90. The Labute approximate surface area is 124 Å². The maximum Gasteiger partial charge on any atom is 0.140 e. The number of anilines is 1. The quantitative estimate of drug-likeness (QED) is 0.777. The van der Waals surface area contributed by atoms with E-state index in [4.69, 9.17) is 16.6 Å². The third-order valence-electron chi connectivity index (χ3n) is 4.59. The Morgan fingerprint density at radius 1 is 1.05 bits per heavy atom. The van der Waals surface area contributed by atoms with Gasteiger partial charge in [-0.3, -0.25) is 0 Å². The van der Waals surface area contributed by atoms with Crippen molar-refractivity contribution >= 4 is 28.2 Å². The normalized spacial score (nSPS) is 19.6. The second-order valence-electron chi connectivity index (χ2n) is 5.90. The zero-order valence-corrected chi connectivity index (χ0v) is 12.2. The van der Waals surface area contributed by atoms with Crippen LogP contribution >= 0.6 is 11.6 Å². The van der Waals surface area contributed by atoms with Crippen LogP contribution in [-0.2, 0) is 0 Å². The van der Waals surface area contributed by atoms with Gasteiger partial charge in [0.15, 0.2) is 0 Å². The van der Waals surface area contributed by atoms with Crippen LogP contribution in [0.3, 0.4) is 0 Å². The maximum atomic E-state index is 6.40. The lowest BCUT2D eigenvalue weighted by Gasteiger charge is -2.24. The van der Waals surface area contributed by atoms with E-state index in [1.54, 1.807) is 0 Å². The second kappa shape index (κ2) is 4.88. The number of hydrogen-bond acceptors (Lipinski definition) is 3. The number of fused-ring (bicyclic) bond motifs is 1. The highest BCUT2D eigenvalue weighted by atomic mass is 35.5. The van der Waals surface area contributed by atoms with Crippen LogP contribution in [0, 0.1) is 0 Å². The minimum atomic E-state index is 0.523. The van der Waals surface area contributed by atoms with Gasteiger partial charge in [-0.15, -0.1) is 0 Å². The summed E-state index contributed by atoms with van der Waals surface area (Å²) in [5.41, 5.74) is 2.23. The zero-order chi connectivity index (χ0) is 13.5. The second-order valence-corrected chi connectivity index (χ2v) is 6.25. The lowest BCUT2D eigenvalue weighted by atomic mass is 9.85. The van der Waals surface area contributed by atoms with Crippen LogP contribution in [0.2, 0.25) is 5.15 Å². The fourth-order valence-corrected chi connectivity index (χ4v) is 3.35. The van der Waals surface area contributed by atoms with Crippen LogP contribution in [0.5, 0.6) is 0 Å². The van der Waals surface area contributed by atoms with E-state index in [0.29, 0.717) is 11.1 Å². The number of hydrogen-bond donors (Lipinski definition) is 0. The molecule has 1 aromatic carbocycles. The minimum absolute atomic E-state index is 0.523. The summed E-state index contributed by atoms with van der Waals surface area (Å²) in [7, 11) is 0. The van der Waals surface area contributed by atoms with Gasteiger partial charge in [-0.05, 0) is 43.9 Å². The summed E-state index contributed by atoms with van der Waals surface area (Å²) in [6.45, 7) is 2.29. The molecule has 104 valence electrons. The number of halogens is 1. The predicted molar refractivity (Wildman–Crippen MR) is 82.6 cm³/mol. The Hall–Kier alpha value is -1.35. The molecule has 4 rings (SSSR count). The van der Waals surface area contributed by atoms with Crippen LogP contribution in [-0.4, -0.2) is 23.1 Å². The molecule has 3 nitrogen and oxygen atoms in total. The summed E-state index contributed by atoms with van der Waals surface area (Å²) >= 11 is 6.40. The molecule has 2 aliphatic rings. The molecule has 0 amide bonds. The van der Waals surface area contributed by atoms with Crippen LogP contribution in [0.15, 0.2) is 18.2 Å². The predicted octanol–water partition coefficient (Wildman–Crippen LogP) is 4.15. The molecule has 2 aromatic rings. The molecule has 1 saturated heterocycles. The Morgan fingerprint density at radius 2 is 1.85 bits per heavy atom. The Kier molecular flexibility index (Phi) is 3.03. The first-order chi connectivity index (χ1) is 9.81. The van der Waals surface area contributed by atoms with E-state index in [-0.39, 0.29) is 0 Å². The van der Waals surface area contributed by atoms with E-state index in [1.807, 2.05) is 0 Å². The van der Waals surface area contributed by atoms with E-state index in [1.165, 1.54) is 37.8 Å². The summed E-state index contributed by atoms with van der Waals surface area (Å²) < 4.78 is 0. The van der Waals surface area contributed by atoms with Crippen molar-refractivity contribution in [3.05, 3.63) is 29.2 Å². The highest BCUT2D eigenvalue weighted by Gasteiger charge is 2.23. The molecule has 4 heteroatoms. The molecule has 0 unspecified atom stereocenters. The summed E-state index contributed by atoms with van der Waals surface area (Å²) in [6.07, 6.45) is 6.25. The Bertz CT molecular complexity index is 645. The first-order valence-electron chi connectivity index (χ1n) is 7.53. The number of nitrogens with zero attached hydrogens (tertiary/aromatic N) is 3. The van der Waals surface area contributed by atoms with Crippen LogP contribution in [0.4, 0.5) is 5.69 Å². The monoisotopic (exact) mass is 287 g/mol. The molecule has 1 aliphatic carbocycles. The fraction of sp³-hybridized carbons (Fsp3) is 0.500. The Morgan fingerprint density at radius 3 is 2.55 bits per heavy atom. The smallest absolute Gasteiger partial charge is 0.140 e.